The quantitative estimate of drug-likeness (QED) is 0.710. The molecule has 0 aliphatic heterocycles. The van der Waals surface area contributed by atoms with Crippen molar-refractivity contribution in [2.24, 2.45) is 0 Å². The van der Waals surface area contributed by atoms with Crippen LogP contribution in [0.3, 0.4) is 0 Å². The highest BCUT2D eigenvalue weighted by Crippen LogP contribution is 2.29. The van der Waals surface area contributed by atoms with Crippen LogP contribution >= 0.6 is 0 Å². The highest BCUT2D eigenvalue weighted by Gasteiger charge is 2.29. The van der Waals surface area contributed by atoms with E-state index in [9.17, 15) is 18.0 Å². The lowest BCUT2D eigenvalue weighted by molar-refractivity contribution is -0.137. The lowest BCUT2D eigenvalue weighted by atomic mass is 10.0. The molecule has 0 aromatic heterocycles. The van der Waals surface area contributed by atoms with Crippen LogP contribution < -0.4 is 0 Å². The van der Waals surface area contributed by atoms with Crippen LogP contribution in [0.25, 0.3) is 0 Å². The minimum atomic E-state index is -4.33. The average molecular weight is 274 g/mol. The van der Waals surface area contributed by atoms with Gasteiger partial charge < -0.3 is 4.74 Å². The number of benzene rings is 1. The van der Waals surface area contributed by atoms with Gasteiger partial charge in [-0.15, -0.1) is 0 Å². The van der Waals surface area contributed by atoms with Crippen molar-refractivity contribution >= 4 is 5.78 Å². The van der Waals surface area contributed by atoms with E-state index in [1.165, 1.54) is 12.1 Å². The predicted octanol–water partition coefficient (Wildman–Crippen LogP) is 3.63. The molecule has 1 aromatic rings. The molecular weight excluding hydrogens is 257 g/mol. The number of hydrogen-bond donors (Lipinski definition) is 0. The number of hydrogen-bond acceptors (Lipinski definition) is 2. The maximum atomic E-state index is 12.3. The first kappa shape index (κ1) is 15.7. The van der Waals surface area contributed by atoms with Gasteiger partial charge in [0, 0.05) is 26.6 Å². The summed E-state index contributed by atoms with van der Waals surface area (Å²) in [6, 6.07) is 4.73. The minimum absolute atomic E-state index is 0.0378. The number of alkyl halides is 3. The molecule has 0 aliphatic rings. The van der Waals surface area contributed by atoms with Crippen molar-refractivity contribution in [2.45, 2.75) is 31.9 Å². The molecule has 19 heavy (non-hydrogen) atoms. The fourth-order valence-electron chi connectivity index (χ4n) is 1.70. The van der Waals surface area contributed by atoms with Crippen LogP contribution in [0.4, 0.5) is 13.2 Å². The Morgan fingerprint density at radius 2 is 1.79 bits per heavy atom. The van der Waals surface area contributed by atoms with E-state index in [1.54, 1.807) is 7.11 Å². The molecule has 0 aliphatic carbocycles. The fourth-order valence-corrected chi connectivity index (χ4v) is 1.70. The van der Waals surface area contributed by atoms with Crippen LogP contribution in [0.2, 0.25) is 0 Å². The van der Waals surface area contributed by atoms with E-state index in [4.69, 9.17) is 4.74 Å². The maximum Gasteiger partial charge on any atom is 0.416 e. The van der Waals surface area contributed by atoms with Gasteiger partial charge in [0.1, 0.15) is 5.78 Å². The van der Waals surface area contributed by atoms with Crippen LogP contribution in [-0.2, 0) is 22.1 Å². The van der Waals surface area contributed by atoms with E-state index in [0.29, 0.717) is 18.6 Å². The van der Waals surface area contributed by atoms with Crippen molar-refractivity contribution in [1.82, 2.24) is 0 Å². The van der Waals surface area contributed by atoms with Crippen molar-refractivity contribution in [3.8, 4) is 0 Å². The third-order valence-electron chi connectivity index (χ3n) is 2.74. The monoisotopic (exact) mass is 274 g/mol. The summed E-state index contributed by atoms with van der Waals surface area (Å²) in [5.74, 6) is 0.0378. The molecule has 0 bridgehead atoms. The number of carbonyl (C=O) groups excluding carboxylic acids is 1. The van der Waals surface area contributed by atoms with Gasteiger partial charge in [-0.25, -0.2) is 0 Å². The van der Waals surface area contributed by atoms with Crippen LogP contribution in [-0.4, -0.2) is 19.5 Å². The van der Waals surface area contributed by atoms with Gasteiger partial charge in [-0.2, -0.15) is 13.2 Å². The molecule has 0 unspecified atom stereocenters. The van der Waals surface area contributed by atoms with Crippen LogP contribution in [0.15, 0.2) is 24.3 Å². The molecule has 0 radical (unpaired) electrons. The summed E-state index contributed by atoms with van der Waals surface area (Å²) in [6.45, 7) is 0.619. The Morgan fingerprint density at radius 1 is 1.16 bits per heavy atom. The first-order valence-electron chi connectivity index (χ1n) is 6.10. The van der Waals surface area contributed by atoms with E-state index < -0.39 is 11.7 Å². The summed E-state index contributed by atoms with van der Waals surface area (Å²) in [5.41, 5.74) is -0.0754. The number of halogens is 3. The van der Waals surface area contributed by atoms with Gasteiger partial charge >= 0.3 is 6.18 Å². The topological polar surface area (TPSA) is 26.3 Å². The fraction of sp³-hybridized carbons (Fsp3) is 0.500. The molecule has 1 aromatic carbocycles. The number of methoxy groups -OCH3 is 1. The molecule has 0 atom stereocenters. The summed E-state index contributed by atoms with van der Waals surface area (Å²) < 4.78 is 41.9. The second-order valence-electron chi connectivity index (χ2n) is 4.36. The zero-order valence-corrected chi connectivity index (χ0v) is 10.8. The Kier molecular flexibility index (Phi) is 6.02. The van der Waals surface area contributed by atoms with Crippen LogP contribution in [0.5, 0.6) is 0 Å². The van der Waals surface area contributed by atoms with Crippen LogP contribution in [0.1, 0.15) is 30.4 Å². The number of ether oxygens (including phenoxy) is 1. The standard InChI is InChI=1S/C14H17F3O2/c1-19-9-3-2-4-13(18)10-11-5-7-12(8-6-11)14(15,16)17/h5-8H,2-4,9-10H2,1H3. The van der Waals surface area contributed by atoms with Gasteiger partial charge in [-0.3, -0.25) is 4.79 Å². The lowest BCUT2D eigenvalue weighted by Gasteiger charge is -2.07. The number of Topliss-reactive ketones (excluding diaryl/α,β-unsaturated/α-hetero) is 1. The maximum absolute atomic E-state index is 12.3. The number of unbranched alkanes of at least 4 members (excludes halogenated alkanes) is 1. The molecule has 1 rings (SSSR count). The number of ketones is 1. The zero-order valence-electron chi connectivity index (χ0n) is 10.8. The summed E-state index contributed by atoms with van der Waals surface area (Å²) in [4.78, 5) is 11.6. The Balaban J connectivity index is 2.43. The minimum Gasteiger partial charge on any atom is -0.385 e. The Morgan fingerprint density at radius 3 is 2.32 bits per heavy atom. The normalized spacial score (nSPS) is 11.6. The molecule has 0 saturated heterocycles. The molecule has 0 fully saturated rings. The molecule has 5 heteroatoms. The van der Waals surface area contributed by atoms with Gasteiger partial charge in [0.05, 0.1) is 5.56 Å². The van der Waals surface area contributed by atoms with Gasteiger partial charge in [-0.1, -0.05) is 12.1 Å². The molecule has 0 saturated carbocycles. The van der Waals surface area contributed by atoms with Crippen LogP contribution in [0, 0.1) is 0 Å². The predicted molar refractivity (Wildman–Crippen MR) is 65.9 cm³/mol. The molecule has 0 amide bonds. The molecule has 106 valence electrons. The number of carbonyl (C=O) groups is 1. The SMILES string of the molecule is COCCCCC(=O)Cc1ccc(C(F)(F)F)cc1. The van der Waals surface area contributed by atoms with Crippen molar-refractivity contribution < 1.29 is 22.7 Å². The molecule has 0 N–H and O–H groups in total. The van der Waals surface area contributed by atoms with E-state index in [-0.39, 0.29) is 12.2 Å². The van der Waals surface area contributed by atoms with Crippen molar-refractivity contribution in [1.29, 1.82) is 0 Å². The van der Waals surface area contributed by atoms with Gasteiger partial charge in [0.2, 0.25) is 0 Å². The summed E-state index contributed by atoms with van der Waals surface area (Å²) in [7, 11) is 1.60. The van der Waals surface area contributed by atoms with E-state index in [1.807, 2.05) is 0 Å². The van der Waals surface area contributed by atoms with E-state index >= 15 is 0 Å². The first-order valence-corrected chi connectivity index (χ1v) is 6.10. The highest BCUT2D eigenvalue weighted by atomic mass is 19.4. The molecule has 0 spiro atoms. The lowest BCUT2D eigenvalue weighted by Crippen LogP contribution is -2.06. The average Bonchev–Trinajstić information content (AvgIpc) is 2.34. The van der Waals surface area contributed by atoms with Crippen molar-refractivity contribution in [3.63, 3.8) is 0 Å². The third-order valence-corrected chi connectivity index (χ3v) is 2.74. The van der Waals surface area contributed by atoms with Gasteiger partial charge in [0.15, 0.2) is 0 Å². The molecule has 0 heterocycles. The highest BCUT2D eigenvalue weighted by molar-refractivity contribution is 5.80. The largest absolute Gasteiger partial charge is 0.416 e. The van der Waals surface area contributed by atoms with E-state index in [2.05, 4.69) is 0 Å². The Hall–Kier alpha value is -1.36. The summed E-state index contributed by atoms with van der Waals surface area (Å²) >= 11 is 0. The second kappa shape index (κ2) is 7.28. The summed E-state index contributed by atoms with van der Waals surface area (Å²) in [6.07, 6.45) is -2.15. The number of rotatable bonds is 7. The second-order valence-corrected chi connectivity index (χ2v) is 4.36. The van der Waals surface area contributed by atoms with Gasteiger partial charge in [0.25, 0.3) is 0 Å². The first-order chi connectivity index (χ1) is 8.93. The molecular formula is C14H17F3O2. The van der Waals surface area contributed by atoms with E-state index in [0.717, 1.165) is 25.0 Å². The van der Waals surface area contributed by atoms with Crippen molar-refractivity contribution in [3.05, 3.63) is 35.4 Å². The Bertz CT molecular complexity index is 396. The third kappa shape index (κ3) is 5.87. The van der Waals surface area contributed by atoms with Crippen molar-refractivity contribution in [2.75, 3.05) is 13.7 Å². The zero-order chi connectivity index (χ0) is 14.3. The smallest absolute Gasteiger partial charge is 0.385 e. The summed E-state index contributed by atoms with van der Waals surface area (Å²) in [5, 5.41) is 0. The van der Waals surface area contributed by atoms with Gasteiger partial charge in [-0.05, 0) is 30.5 Å². The Labute approximate surface area is 110 Å². The molecule has 2 nitrogen and oxygen atoms in total.